The average molecular weight is 329 g/mol. The minimum absolute atomic E-state index is 0.0248. The van der Waals surface area contributed by atoms with Gasteiger partial charge < -0.3 is 20.2 Å². The van der Waals surface area contributed by atoms with E-state index in [2.05, 4.69) is 5.32 Å². The normalized spacial score (nSPS) is 21.2. The summed E-state index contributed by atoms with van der Waals surface area (Å²) in [4.78, 5) is 38.3. The van der Waals surface area contributed by atoms with Crippen LogP contribution in [0.5, 0.6) is 0 Å². The molecule has 2 N–H and O–H groups in total. The van der Waals surface area contributed by atoms with Gasteiger partial charge in [0.05, 0.1) is 6.42 Å². The Hall–Kier alpha value is -2.57. The van der Waals surface area contributed by atoms with Crippen LogP contribution in [0.2, 0.25) is 0 Å². The maximum Gasteiger partial charge on any atom is 0.407 e. The van der Waals surface area contributed by atoms with E-state index < -0.39 is 6.09 Å². The Labute approximate surface area is 139 Å². The fraction of sp³-hybridized carbons (Fsp3) is 0.471. The van der Waals surface area contributed by atoms with E-state index in [9.17, 15) is 14.4 Å². The standard InChI is InChI=1S/C17H19N3O4/c21-14-8-11-1-2-12(7-13(11)18-14)15(22)19-5-3-17(4-6-19)9-20(10-17)16(23)24/h1-2,7H,3-6,8-10H2,(H,18,21)(H,23,24). The second-order valence-electron chi connectivity index (χ2n) is 7.03. The molecule has 0 aliphatic carbocycles. The van der Waals surface area contributed by atoms with Gasteiger partial charge in [0, 0.05) is 42.8 Å². The zero-order chi connectivity index (χ0) is 16.9. The number of rotatable bonds is 1. The molecule has 3 aliphatic heterocycles. The fourth-order valence-corrected chi connectivity index (χ4v) is 3.93. The van der Waals surface area contributed by atoms with Gasteiger partial charge in [0.1, 0.15) is 0 Å². The summed E-state index contributed by atoms with van der Waals surface area (Å²) >= 11 is 0. The number of carboxylic acid groups (broad SMARTS) is 1. The van der Waals surface area contributed by atoms with E-state index in [1.54, 1.807) is 12.1 Å². The minimum Gasteiger partial charge on any atom is -0.465 e. The molecule has 0 unspecified atom stereocenters. The first-order valence-corrected chi connectivity index (χ1v) is 8.16. The van der Waals surface area contributed by atoms with Gasteiger partial charge in [-0.3, -0.25) is 9.59 Å². The zero-order valence-electron chi connectivity index (χ0n) is 13.2. The second-order valence-corrected chi connectivity index (χ2v) is 7.03. The predicted molar refractivity (Wildman–Crippen MR) is 85.9 cm³/mol. The highest BCUT2D eigenvalue weighted by molar-refractivity contribution is 6.02. The highest BCUT2D eigenvalue weighted by atomic mass is 16.4. The third-order valence-corrected chi connectivity index (χ3v) is 5.42. The quantitative estimate of drug-likeness (QED) is 0.815. The van der Waals surface area contributed by atoms with Crippen LogP contribution in [0.4, 0.5) is 10.5 Å². The molecule has 1 aromatic rings. The van der Waals surface area contributed by atoms with Crippen molar-refractivity contribution in [3.8, 4) is 0 Å². The first-order chi connectivity index (χ1) is 11.5. The molecule has 1 spiro atoms. The van der Waals surface area contributed by atoms with Gasteiger partial charge in [0.15, 0.2) is 0 Å². The molecule has 126 valence electrons. The number of hydrogen-bond donors (Lipinski definition) is 2. The van der Waals surface area contributed by atoms with Crippen LogP contribution in [-0.2, 0) is 11.2 Å². The molecular weight excluding hydrogens is 310 g/mol. The Morgan fingerprint density at radius 2 is 1.83 bits per heavy atom. The highest BCUT2D eigenvalue weighted by Crippen LogP contribution is 2.40. The number of fused-ring (bicyclic) bond motifs is 1. The number of carbonyl (C=O) groups is 3. The van der Waals surface area contributed by atoms with Crippen molar-refractivity contribution in [3.05, 3.63) is 29.3 Å². The van der Waals surface area contributed by atoms with Crippen LogP contribution < -0.4 is 5.32 Å². The predicted octanol–water partition coefficient (Wildman–Crippen LogP) is 1.40. The lowest BCUT2D eigenvalue weighted by atomic mass is 9.72. The fourth-order valence-electron chi connectivity index (χ4n) is 3.93. The van der Waals surface area contributed by atoms with Crippen molar-refractivity contribution in [2.75, 3.05) is 31.5 Å². The van der Waals surface area contributed by atoms with E-state index in [-0.39, 0.29) is 17.2 Å². The van der Waals surface area contributed by atoms with Crippen molar-refractivity contribution < 1.29 is 19.5 Å². The highest BCUT2D eigenvalue weighted by Gasteiger charge is 2.47. The summed E-state index contributed by atoms with van der Waals surface area (Å²) < 4.78 is 0. The number of carbonyl (C=O) groups excluding carboxylic acids is 2. The van der Waals surface area contributed by atoms with Crippen molar-refractivity contribution in [2.45, 2.75) is 19.3 Å². The minimum atomic E-state index is -0.862. The van der Waals surface area contributed by atoms with E-state index in [4.69, 9.17) is 5.11 Å². The van der Waals surface area contributed by atoms with Crippen molar-refractivity contribution in [1.82, 2.24) is 9.80 Å². The second kappa shape index (κ2) is 5.22. The number of piperidine rings is 1. The lowest BCUT2D eigenvalue weighted by Crippen LogP contribution is -2.62. The van der Waals surface area contributed by atoms with Crippen LogP contribution in [0.3, 0.4) is 0 Å². The van der Waals surface area contributed by atoms with Gasteiger partial charge in [-0.15, -0.1) is 0 Å². The Morgan fingerprint density at radius 3 is 2.50 bits per heavy atom. The van der Waals surface area contributed by atoms with E-state index in [1.165, 1.54) is 4.90 Å². The third-order valence-electron chi connectivity index (χ3n) is 5.42. The van der Waals surface area contributed by atoms with Crippen LogP contribution in [-0.4, -0.2) is 59.0 Å². The van der Waals surface area contributed by atoms with E-state index in [0.29, 0.717) is 38.2 Å². The van der Waals surface area contributed by atoms with Gasteiger partial charge in [-0.2, -0.15) is 0 Å². The summed E-state index contributed by atoms with van der Waals surface area (Å²) in [6, 6.07) is 5.37. The summed E-state index contributed by atoms with van der Waals surface area (Å²) in [7, 11) is 0. The molecule has 2 fully saturated rings. The Morgan fingerprint density at radius 1 is 1.12 bits per heavy atom. The number of anilines is 1. The number of nitrogens with zero attached hydrogens (tertiary/aromatic N) is 2. The molecule has 4 rings (SSSR count). The summed E-state index contributed by atoms with van der Waals surface area (Å²) in [6.45, 7) is 2.45. The van der Waals surface area contributed by atoms with Crippen molar-refractivity contribution >= 4 is 23.6 Å². The van der Waals surface area contributed by atoms with E-state index in [0.717, 1.165) is 24.1 Å². The molecule has 3 aliphatic rings. The molecule has 3 amide bonds. The maximum absolute atomic E-state index is 12.7. The number of benzene rings is 1. The molecule has 7 nitrogen and oxygen atoms in total. The Balaban J connectivity index is 1.40. The van der Waals surface area contributed by atoms with Crippen molar-refractivity contribution in [1.29, 1.82) is 0 Å². The molecule has 2 saturated heterocycles. The lowest BCUT2D eigenvalue weighted by Gasteiger charge is -2.52. The van der Waals surface area contributed by atoms with Gasteiger partial charge >= 0.3 is 6.09 Å². The van der Waals surface area contributed by atoms with Crippen molar-refractivity contribution in [3.63, 3.8) is 0 Å². The van der Waals surface area contributed by atoms with Crippen LogP contribution >= 0.6 is 0 Å². The molecular formula is C17H19N3O4. The number of hydrogen-bond acceptors (Lipinski definition) is 3. The molecule has 3 heterocycles. The molecule has 0 radical (unpaired) electrons. The Kier molecular flexibility index (Phi) is 3.26. The molecule has 1 aromatic carbocycles. The van der Waals surface area contributed by atoms with Gasteiger partial charge in [0.25, 0.3) is 5.91 Å². The monoisotopic (exact) mass is 329 g/mol. The Bertz CT molecular complexity index is 729. The zero-order valence-corrected chi connectivity index (χ0v) is 13.2. The summed E-state index contributed by atoms with van der Waals surface area (Å²) in [5.74, 6) is -0.0642. The van der Waals surface area contributed by atoms with Gasteiger partial charge in [-0.25, -0.2) is 4.79 Å². The van der Waals surface area contributed by atoms with Crippen LogP contribution in [0.1, 0.15) is 28.8 Å². The smallest absolute Gasteiger partial charge is 0.407 e. The van der Waals surface area contributed by atoms with Crippen LogP contribution in [0, 0.1) is 5.41 Å². The SMILES string of the molecule is O=C1Cc2ccc(C(=O)N3CCC4(CC3)CN(C(=O)O)C4)cc2N1. The molecule has 24 heavy (non-hydrogen) atoms. The first-order valence-electron chi connectivity index (χ1n) is 8.16. The summed E-state index contributed by atoms with van der Waals surface area (Å²) in [5, 5.41) is 11.7. The average Bonchev–Trinajstić information content (AvgIpc) is 2.91. The third kappa shape index (κ3) is 2.40. The topological polar surface area (TPSA) is 90.0 Å². The molecule has 0 aromatic heterocycles. The summed E-state index contributed by atoms with van der Waals surface area (Å²) in [5.41, 5.74) is 2.31. The summed E-state index contributed by atoms with van der Waals surface area (Å²) in [6.07, 6.45) is 1.18. The first kappa shape index (κ1) is 15.0. The number of nitrogens with one attached hydrogen (secondary N) is 1. The van der Waals surface area contributed by atoms with Crippen LogP contribution in [0.15, 0.2) is 18.2 Å². The molecule has 0 saturated carbocycles. The van der Waals surface area contributed by atoms with E-state index >= 15 is 0 Å². The van der Waals surface area contributed by atoms with Gasteiger partial charge in [-0.05, 0) is 30.5 Å². The van der Waals surface area contributed by atoms with Gasteiger partial charge in [-0.1, -0.05) is 6.07 Å². The largest absolute Gasteiger partial charge is 0.465 e. The van der Waals surface area contributed by atoms with E-state index in [1.807, 2.05) is 11.0 Å². The lowest BCUT2D eigenvalue weighted by molar-refractivity contribution is -0.115. The van der Waals surface area contributed by atoms with Gasteiger partial charge in [0.2, 0.25) is 5.91 Å². The number of amides is 3. The van der Waals surface area contributed by atoms with Crippen LogP contribution in [0.25, 0.3) is 0 Å². The molecule has 0 bridgehead atoms. The number of likely N-dealkylation sites (tertiary alicyclic amines) is 2. The molecule has 0 atom stereocenters. The maximum atomic E-state index is 12.7. The van der Waals surface area contributed by atoms with Crippen molar-refractivity contribution in [2.24, 2.45) is 5.41 Å². The molecule has 7 heteroatoms.